The maximum absolute atomic E-state index is 12.1. The minimum Gasteiger partial charge on any atom is -0.493 e. The van der Waals surface area contributed by atoms with E-state index in [1.807, 2.05) is 0 Å². The molecule has 0 unspecified atom stereocenters. The zero-order valence-electron chi connectivity index (χ0n) is 11.9. The van der Waals surface area contributed by atoms with Gasteiger partial charge in [0.05, 0.1) is 11.5 Å². The zero-order chi connectivity index (χ0) is 15.6. The van der Waals surface area contributed by atoms with Crippen molar-refractivity contribution in [2.24, 2.45) is 0 Å². The van der Waals surface area contributed by atoms with Gasteiger partial charge < -0.3 is 9.84 Å². The SMILES string of the molecule is CCOc1ccc(S(=O)(=O)NC(C)(C)C)cc1C(=O)O. The van der Waals surface area contributed by atoms with Crippen LogP contribution in [0.5, 0.6) is 5.75 Å². The normalized spacial score (nSPS) is 12.2. The summed E-state index contributed by atoms with van der Waals surface area (Å²) in [5.74, 6) is -1.09. The molecule has 0 aromatic heterocycles. The Balaban J connectivity index is 3.28. The molecule has 1 aromatic carbocycles. The van der Waals surface area contributed by atoms with Crippen molar-refractivity contribution in [3.05, 3.63) is 23.8 Å². The summed E-state index contributed by atoms with van der Waals surface area (Å²) in [5, 5.41) is 9.12. The van der Waals surface area contributed by atoms with Gasteiger partial charge in [-0.25, -0.2) is 17.9 Å². The van der Waals surface area contributed by atoms with Crippen LogP contribution in [0.3, 0.4) is 0 Å². The first-order chi connectivity index (χ1) is 9.07. The molecule has 0 heterocycles. The number of rotatable bonds is 5. The Morgan fingerprint density at radius 2 is 1.95 bits per heavy atom. The molecule has 0 saturated heterocycles. The highest BCUT2D eigenvalue weighted by atomic mass is 32.2. The topological polar surface area (TPSA) is 92.7 Å². The largest absolute Gasteiger partial charge is 0.493 e. The molecule has 0 atom stereocenters. The van der Waals surface area contributed by atoms with Crippen molar-refractivity contribution in [2.75, 3.05) is 6.61 Å². The fourth-order valence-electron chi connectivity index (χ4n) is 1.59. The summed E-state index contributed by atoms with van der Waals surface area (Å²) in [6.07, 6.45) is 0. The fraction of sp³-hybridized carbons (Fsp3) is 0.462. The minimum absolute atomic E-state index is 0.103. The maximum Gasteiger partial charge on any atom is 0.339 e. The van der Waals surface area contributed by atoms with E-state index >= 15 is 0 Å². The molecule has 0 amide bonds. The van der Waals surface area contributed by atoms with E-state index in [1.54, 1.807) is 27.7 Å². The van der Waals surface area contributed by atoms with Crippen LogP contribution in [0.4, 0.5) is 0 Å². The molecular formula is C13H19NO5S. The first-order valence-electron chi connectivity index (χ1n) is 6.11. The highest BCUT2D eigenvalue weighted by molar-refractivity contribution is 7.89. The van der Waals surface area contributed by atoms with Crippen molar-refractivity contribution in [1.82, 2.24) is 4.72 Å². The standard InChI is InChI=1S/C13H19NO5S/c1-5-19-11-7-6-9(8-10(11)12(15)16)20(17,18)14-13(2,3)4/h6-8,14H,5H2,1-4H3,(H,15,16). The number of carboxylic acid groups (broad SMARTS) is 1. The molecular weight excluding hydrogens is 282 g/mol. The van der Waals surface area contributed by atoms with Crippen LogP contribution in [0.15, 0.2) is 23.1 Å². The lowest BCUT2D eigenvalue weighted by molar-refractivity contribution is 0.0692. The summed E-state index contributed by atoms with van der Waals surface area (Å²) < 4.78 is 31.9. The zero-order valence-corrected chi connectivity index (χ0v) is 12.7. The van der Waals surface area contributed by atoms with Gasteiger partial charge in [-0.05, 0) is 45.9 Å². The molecule has 2 N–H and O–H groups in total. The van der Waals surface area contributed by atoms with Crippen LogP contribution in [0.25, 0.3) is 0 Å². The molecule has 0 aliphatic heterocycles. The third-order valence-electron chi connectivity index (χ3n) is 2.23. The van der Waals surface area contributed by atoms with Gasteiger partial charge in [0.2, 0.25) is 10.0 Å². The van der Waals surface area contributed by atoms with Gasteiger partial charge in [0.1, 0.15) is 11.3 Å². The van der Waals surface area contributed by atoms with Gasteiger partial charge in [0.25, 0.3) is 0 Å². The Morgan fingerprint density at radius 3 is 2.40 bits per heavy atom. The molecule has 0 spiro atoms. The molecule has 6 nitrogen and oxygen atoms in total. The molecule has 0 aliphatic carbocycles. The molecule has 0 radical (unpaired) electrons. The molecule has 7 heteroatoms. The number of nitrogens with one attached hydrogen (secondary N) is 1. The molecule has 0 saturated carbocycles. The van der Waals surface area contributed by atoms with Gasteiger partial charge in [0.15, 0.2) is 0 Å². The summed E-state index contributed by atoms with van der Waals surface area (Å²) in [5.41, 5.74) is -0.829. The maximum atomic E-state index is 12.1. The number of hydrogen-bond donors (Lipinski definition) is 2. The van der Waals surface area contributed by atoms with E-state index in [0.717, 1.165) is 6.07 Å². The van der Waals surface area contributed by atoms with Crippen molar-refractivity contribution in [3.63, 3.8) is 0 Å². The highest BCUT2D eigenvalue weighted by Crippen LogP contribution is 2.23. The Hall–Kier alpha value is -1.60. The first-order valence-corrected chi connectivity index (χ1v) is 7.59. The van der Waals surface area contributed by atoms with Crippen LogP contribution >= 0.6 is 0 Å². The molecule has 0 aliphatic rings. The van der Waals surface area contributed by atoms with Crippen molar-refractivity contribution < 1.29 is 23.1 Å². The van der Waals surface area contributed by atoms with Gasteiger partial charge >= 0.3 is 5.97 Å². The third kappa shape index (κ3) is 4.21. The van der Waals surface area contributed by atoms with Gasteiger partial charge in [-0.1, -0.05) is 0 Å². The van der Waals surface area contributed by atoms with E-state index in [4.69, 9.17) is 9.84 Å². The summed E-state index contributed by atoms with van der Waals surface area (Å²) in [4.78, 5) is 11.1. The lowest BCUT2D eigenvalue weighted by atomic mass is 10.1. The summed E-state index contributed by atoms with van der Waals surface area (Å²) in [6, 6.07) is 3.77. The number of sulfonamides is 1. The Labute approximate surface area is 118 Å². The van der Waals surface area contributed by atoms with E-state index in [0.29, 0.717) is 6.61 Å². The predicted molar refractivity (Wildman–Crippen MR) is 74.6 cm³/mol. The molecule has 112 valence electrons. The van der Waals surface area contributed by atoms with Gasteiger partial charge in [-0.3, -0.25) is 0 Å². The average molecular weight is 301 g/mol. The van der Waals surface area contributed by atoms with Gasteiger partial charge in [-0.15, -0.1) is 0 Å². The first kappa shape index (κ1) is 16.5. The molecule has 1 aromatic rings. The van der Waals surface area contributed by atoms with Crippen LogP contribution in [0.2, 0.25) is 0 Å². The Kier molecular flexibility index (Phi) is 4.77. The van der Waals surface area contributed by atoms with Crippen LogP contribution < -0.4 is 9.46 Å². The third-order valence-corrected chi connectivity index (χ3v) is 3.99. The minimum atomic E-state index is -3.77. The van der Waals surface area contributed by atoms with E-state index < -0.39 is 21.5 Å². The van der Waals surface area contributed by atoms with Crippen molar-refractivity contribution in [3.8, 4) is 5.75 Å². The molecule has 0 bridgehead atoms. The second-order valence-corrected chi connectivity index (χ2v) is 6.93. The van der Waals surface area contributed by atoms with E-state index in [9.17, 15) is 13.2 Å². The summed E-state index contributed by atoms with van der Waals surface area (Å²) >= 11 is 0. The van der Waals surface area contributed by atoms with E-state index in [1.165, 1.54) is 12.1 Å². The van der Waals surface area contributed by atoms with Crippen LogP contribution in [-0.4, -0.2) is 31.6 Å². The van der Waals surface area contributed by atoms with Crippen LogP contribution in [0.1, 0.15) is 38.1 Å². The van der Waals surface area contributed by atoms with Crippen LogP contribution in [-0.2, 0) is 10.0 Å². The van der Waals surface area contributed by atoms with E-state index in [-0.39, 0.29) is 16.2 Å². The van der Waals surface area contributed by atoms with Crippen molar-refractivity contribution in [2.45, 2.75) is 38.1 Å². The highest BCUT2D eigenvalue weighted by Gasteiger charge is 2.24. The fourth-order valence-corrected chi connectivity index (χ4v) is 3.03. The Bertz CT molecular complexity index is 602. The summed E-state index contributed by atoms with van der Waals surface area (Å²) in [7, 11) is -3.77. The Morgan fingerprint density at radius 1 is 1.35 bits per heavy atom. The van der Waals surface area contributed by atoms with Crippen molar-refractivity contribution in [1.29, 1.82) is 0 Å². The second-order valence-electron chi connectivity index (χ2n) is 5.25. The molecule has 0 fully saturated rings. The number of carboxylic acids is 1. The smallest absolute Gasteiger partial charge is 0.339 e. The lowest BCUT2D eigenvalue weighted by Crippen LogP contribution is -2.40. The number of ether oxygens (including phenoxy) is 1. The lowest BCUT2D eigenvalue weighted by Gasteiger charge is -2.20. The number of hydrogen-bond acceptors (Lipinski definition) is 4. The van der Waals surface area contributed by atoms with E-state index in [2.05, 4.69) is 4.72 Å². The average Bonchev–Trinajstić information content (AvgIpc) is 2.26. The molecule has 20 heavy (non-hydrogen) atoms. The monoisotopic (exact) mass is 301 g/mol. The van der Waals surface area contributed by atoms with Crippen LogP contribution in [0, 0.1) is 0 Å². The quantitative estimate of drug-likeness (QED) is 0.866. The summed E-state index contributed by atoms with van der Waals surface area (Å²) in [6.45, 7) is 7.13. The number of aromatic carboxylic acids is 1. The second kappa shape index (κ2) is 5.80. The predicted octanol–water partition coefficient (Wildman–Crippen LogP) is 1.86. The van der Waals surface area contributed by atoms with Gasteiger partial charge in [-0.2, -0.15) is 0 Å². The van der Waals surface area contributed by atoms with Gasteiger partial charge in [0, 0.05) is 5.54 Å². The van der Waals surface area contributed by atoms with Crippen molar-refractivity contribution >= 4 is 16.0 Å². The molecule has 1 rings (SSSR count). The number of benzene rings is 1. The number of carbonyl (C=O) groups is 1.